The van der Waals surface area contributed by atoms with Crippen molar-refractivity contribution in [1.82, 2.24) is 10.7 Å². The molecule has 0 aliphatic rings. The molecule has 0 rings (SSSR count). The van der Waals surface area contributed by atoms with Gasteiger partial charge < -0.3 is 11.1 Å². The predicted molar refractivity (Wildman–Crippen MR) is 166 cm³/mol. The Morgan fingerprint density at radius 3 is 1.73 bits per heavy atom. The smallest absolute Gasteiger partial charge is 0.251 e. The van der Waals surface area contributed by atoms with E-state index in [0.717, 1.165) is 25.7 Å². The number of nitrogens with zero attached hydrogens (tertiary/aromatic N) is 2. The number of nitro groups is 1. The highest BCUT2D eigenvalue weighted by atomic mass is 16.7. The molecular weight excluding hydrogens is 506 g/mol. The quantitative estimate of drug-likeness (QED) is 0.0283. The zero-order valence-electron chi connectivity index (χ0n) is 25.9. The number of rotatable bonds is 29. The van der Waals surface area contributed by atoms with E-state index >= 15 is 0 Å². The van der Waals surface area contributed by atoms with Gasteiger partial charge in [-0.3, -0.25) is 9.59 Å². The minimum Gasteiger partial charge on any atom is -0.365 e. The van der Waals surface area contributed by atoms with Crippen LogP contribution in [0.1, 0.15) is 162 Å². The Labute approximate surface area is 244 Å². The second-order valence-corrected chi connectivity index (χ2v) is 11.3. The fourth-order valence-corrected chi connectivity index (χ4v) is 4.97. The van der Waals surface area contributed by atoms with Crippen molar-refractivity contribution in [3.63, 3.8) is 0 Å². The number of carbonyl (C=O) groups excluding carboxylic acids is 2. The van der Waals surface area contributed by atoms with Crippen molar-refractivity contribution >= 4 is 17.6 Å². The Hall–Kier alpha value is -2.19. The molecule has 40 heavy (non-hydrogen) atoms. The van der Waals surface area contributed by atoms with Crippen LogP contribution in [0.5, 0.6) is 0 Å². The maximum Gasteiger partial charge on any atom is 0.251 e. The van der Waals surface area contributed by atoms with Crippen molar-refractivity contribution in [1.29, 1.82) is 0 Å². The third-order valence-corrected chi connectivity index (χ3v) is 7.43. The summed E-state index contributed by atoms with van der Waals surface area (Å²) in [6.45, 7) is 5.34. The van der Waals surface area contributed by atoms with Gasteiger partial charge in [0.25, 0.3) is 5.96 Å². The Morgan fingerprint density at radius 2 is 1.23 bits per heavy atom. The van der Waals surface area contributed by atoms with E-state index in [1.807, 2.05) is 5.43 Å². The van der Waals surface area contributed by atoms with E-state index in [4.69, 9.17) is 5.73 Å². The monoisotopic (exact) mass is 567 g/mol. The molecule has 0 aromatic carbocycles. The number of Topliss-reactive ketones (excluding diaryl/α,β-unsaturated/α-hetero) is 1. The van der Waals surface area contributed by atoms with E-state index in [1.54, 1.807) is 0 Å². The first-order chi connectivity index (χ1) is 19.4. The molecule has 0 fully saturated rings. The number of hydrogen-bond donors (Lipinski definition) is 3. The third-order valence-electron chi connectivity index (χ3n) is 7.43. The summed E-state index contributed by atoms with van der Waals surface area (Å²) in [7, 11) is 0. The molecule has 0 aliphatic carbocycles. The molecule has 0 saturated heterocycles. The van der Waals surface area contributed by atoms with Gasteiger partial charge in [-0.25, -0.2) is 15.1 Å². The van der Waals surface area contributed by atoms with Crippen LogP contribution in [0.25, 0.3) is 0 Å². The second-order valence-electron chi connectivity index (χ2n) is 11.3. The van der Waals surface area contributed by atoms with Crippen molar-refractivity contribution in [3.05, 3.63) is 10.1 Å². The largest absolute Gasteiger partial charge is 0.365 e. The van der Waals surface area contributed by atoms with Crippen LogP contribution in [-0.4, -0.2) is 35.8 Å². The molecule has 4 N–H and O–H groups in total. The van der Waals surface area contributed by atoms with E-state index in [0.29, 0.717) is 25.8 Å². The summed E-state index contributed by atoms with van der Waals surface area (Å²) in [5.41, 5.74) is 7.27. The normalized spacial score (nSPS) is 12.3. The Bertz CT molecular complexity index is 672. The standard InChI is InChI=1S/C31H61N5O4/c1-3-5-7-9-11-12-13-14-15-16-17-18-20-24-29(37)27-28(23-22-26-34-31(32)35-36(39)40)30(38)33-25-21-19-10-8-6-4-2/h28H,3-27H2,1-2H3,(H,33,38)(H3,32,34,35)/t28-/m1/s1. The van der Waals surface area contributed by atoms with Crippen LogP contribution >= 0.6 is 0 Å². The molecule has 0 bridgehead atoms. The number of nitrogens with one attached hydrogen (secondary N) is 2. The van der Waals surface area contributed by atoms with Crippen LogP contribution in [0.2, 0.25) is 0 Å². The molecule has 0 heterocycles. The molecule has 0 aromatic rings. The van der Waals surface area contributed by atoms with E-state index in [-0.39, 0.29) is 30.6 Å². The molecular formula is C31H61N5O4. The van der Waals surface area contributed by atoms with Gasteiger partial charge in [0, 0.05) is 31.8 Å². The summed E-state index contributed by atoms with van der Waals surface area (Å²) < 4.78 is 0. The summed E-state index contributed by atoms with van der Waals surface area (Å²) >= 11 is 0. The fraction of sp³-hybridized carbons (Fsp3) is 0.903. The van der Waals surface area contributed by atoms with Gasteiger partial charge in [0.05, 0.1) is 0 Å². The lowest BCUT2D eigenvalue weighted by atomic mass is 9.93. The molecule has 9 nitrogen and oxygen atoms in total. The van der Waals surface area contributed by atoms with Crippen molar-refractivity contribution in [2.45, 2.75) is 162 Å². The molecule has 0 aromatic heterocycles. The van der Waals surface area contributed by atoms with Gasteiger partial charge >= 0.3 is 0 Å². The molecule has 9 heteroatoms. The average Bonchev–Trinajstić information content (AvgIpc) is 2.92. The van der Waals surface area contributed by atoms with E-state index in [1.165, 1.54) is 96.3 Å². The molecule has 0 saturated carbocycles. The van der Waals surface area contributed by atoms with Crippen molar-refractivity contribution in [3.8, 4) is 0 Å². The first-order valence-corrected chi connectivity index (χ1v) is 16.4. The zero-order valence-corrected chi connectivity index (χ0v) is 25.9. The lowest BCUT2D eigenvalue weighted by Crippen LogP contribution is -2.36. The second kappa shape index (κ2) is 28.3. The van der Waals surface area contributed by atoms with Gasteiger partial charge in [-0.2, -0.15) is 0 Å². The summed E-state index contributed by atoms with van der Waals surface area (Å²) in [5.74, 6) is -0.588. The van der Waals surface area contributed by atoms with E-state index in [2.05, 4.69) is 24.2 Å². The van der Waals surface area contributed by atoms with E-state index in [9.17, 15) is 19.7 Å². The van der Waals surface area contributed by atoms with Gasteiger partial charge in [-0.05, 0) is 25.7 Å². The Balaban J connectivity index is 4.26. The van der Waals surface area contributed by atoms with Crippen LogP contribution in [0.15, 0.2) is 4.99 Å². The highest BCUT2D eigenvalue weighted by Crippen LogP contribution is 2.17. The number of amides is 1. The molecule has 234 valence electrons. The van der Waals surface area contributed by atoms with Crippen LogP contribution < -0.4 is 16.5 Å². The topological polar surface area (TPSA) is 140 Å². The summed E-state index contributed by atoms with van der Waals surface area (Å²) in [6.07, 6.45) is 25.2. The summed E-state index contributed by atoms with van der Waals surface area (Å²) in [6, 6.07) is 0. The molecule has 0 spiro atoms. The number of ketones is 1. The van der Waals surface area contributed by atoms with Gasteiger partial charge in [0.2, 0.25) is 5.91 Å². The molecule has 0 aliphatic heterocycles. The van der Waals surface area contributed by atoms with Crippen molar-refractivity contribution in [2.75, 3.05) is 13.1 Å². The third kappa shape index (κ3) is 26.1. The zero-order chi connectivity index (χ0) is 29.7. The van der Waals surface area contributed by atoms with Crippen molar-refractivity contribution < 1.29 is 14.6 Å². The maximum atomic E-state index is 12.9. The number of unbranched alkanes of at least 4 members (excludes halogenated alkanes) is 17. The molecule has 1 atom stereocenters. The number of guanidine groups is 1. The summed E-state index contributed by atoms with van der Waals surface area (Å²) in [5, 5.41) is 12.7. The van der Waals surface area contributed by atoms with Gasteiger partial charge in [-0.1, -0.05) is 128 Å². The Kier molecular flexibility index (Phi) is 26.8. The number of aliphatic imine (C=N–C) groups is 1. The molecule has 0 radical (unpaired) electrons. The SMILES string of the molecule is CCCCCCCCCCCCCCCC(=O)C[C@@H](CCCN=C(N)N[N+](=O)[O-])C(=O)NCCCCCCCC. The summed E-state index contributed by atoms with van der Waals surface area (Å²) in [4.78, 5) is 39.9. The number of hydrogen-bond acceptors (Lipinski definition) is 5. The fourth-order valence-electron chi connectivity index (χ4n) is 4.97. The average molecular weight is 568 g/mol. The molecule has 0 unspecified atom stereocenters. The minimum atomic E-state index is -0.757. The van der Waals surface area contributed by atoms with Crippen LogP contribution in [-0.2, 0) is 9.59 Å². The van der Waals surface area contributed by atoms with E-state index < -0.39 is 11.0 Å². The maximum absolute atomic E-state index is 12.9. The number of carbonyl (C=O) groups is 2. The number of hydrazine groups is 1. The lowest BCUT2D eigenvalue weighted by Gasteiger charge is -2.16. The van der Waals surface area contributed by atoms with Crippen LogP contribution in [0.3, 0.4) is 0 Å². The van der Waals surface area contributed by atoms with Crippen molar-refractivity contribution in [2.24, 2.45) is 16.6 Å². The molecule has 1 amide bonds. The van der Waals surface area contributed by atoms with Gasteiger partial charge in [0.1, 0.15) is 5.78 Å². The van der Waals surface area contributed by atoms with Crippen LogP contribution in [0, 0.1) is 16.0 Å². The number of nitrogens with two attached hydrogens (primary N) is 1. The highest BCUT2D eigenvalue weighted by Gasteiger charge is 2.21. The van der Waals surface area contributed by atoms with Gasteiger partial charge in [0.15, 0.2) is 5.03 Å². The highest BCUT2D eigenvalue weighted by molar-refractivity contribution is 5.86. The first-order valence-electron chi connectivity index (χ1n) is 16.4. The Morgan fingerprint density at radius 1 is 0.750 bits per heavy atom. The first kappa shape index (κ1) is 37.8. The van der Waals surface area contributed by atoms with Gasteiger partial charge in [-0.15, -0.1) is 0 Å². The lowest BCUT2D eigenvalue weighted by molar-refractivity contribution is -0.525. The minimum absolute atomic E-state index is 0.0763. The predicted octanol–water partition coefficient (Wildman–Crippen LogP) is 7.40. The van der Waals surface area contributed by atoms with Crippen LogP contribution in [0.4, 0.5) is 0 Å².